The monoisotopic (exact) mass is 477 g/mol. The number of morpholine rings is 2. The van der Waals surface area contributed by atoms with Crippen LogP contribution in [0.25, 0.3) is 0 Å². The fraction of sp³-hybridized carbons (Fsp3) is 0.435. The van der Waals surface area contributed by atoms with E-state index in [4.69, 9.17) is 9.47 Å². The molecule has 0 aliphatic carbocycles. The summed E-state index contributed by atoms with van der Waals surface area (Å²) in [4.78, 5) is 16.4. The number of hydrogen-bond acceptors (Lipinski definition) is 6. The Balaban J connectivity index is 1.55. The number of hydrogen-bond donors (Lipinski definition) is 0. The molecular weight excluding hydrogens is 449 g/mol. The molecule has 0 atom stereocenters. The molecule has 2 aromatic rings. The van der Waals surface area contributed by atoms with Crippen molar-refractivity contribution in [2.24, 2.45) is 0 Å². The summed E-state index contributed by atoms with van der Waals surface area (Å²) in [7, 11) is -2.41. The third kappa shape index (κ3) is 5.19. The molecule has 0 spiro atoms. The van der Waals surface area contributed by atoms with Gasteiger partial charge in [-0.05, 0) is 29.8 Å². The molecule has 2 aliphatic heterocycles. The average Bonchev–Trinajstić information content (AvgIpc) is 2.85. The van der Waals surface area contributed by atoms with Crippen LogP contribution in [0.2, 0.25) is 0 Å². The minimum absolute atomic E-state index is 0.120. The average molecular weight is 478 g/mol. The van der Waals surface area contributed by atoms with Gasteiger partial charge in [-0.1, -0.05) is 18.2 Å². The number of carbonyl (C=O) groups excluding carboxylic acids is 1. The van der Waals surface area contributed by atoms with Crippen LogP contribution in [0.15, 0.2) is 47.4 Å². The quantitative estimate of drug-likeness (QED) is 0.633. The topological polar surface area (TPSA) is 79.4 Å². The van der Waals surface area contributed by atoms with Gasteiger partial charge in [0.05, 0.1) is 26.4 Å². The second kappa shape index (κ2) is 10.2. The van der Waals surface area contributed by atoms with E-state index in [9.17, 15) is 17.6 Å². The second-order valence-corrected chi connectivity index (χ2v) is 9.96. The highest BCUT2D eigenvalue weighted by Gasteiger charge is 2.30. The van der Waals surface area contributed by atoms with Gasteiger partial charge in [0.25, 0.3) is 5.91 Å². The number of anilines is 1. The lowest BCUT2D eigenvalue weighted by molar-refractivity contribution is 0.0729. The van der Waals surface area contributed by atoms with Crippen LogP contribution in [0.3, 0.4) is 0 Å². The van der Waals surface area contributed by atoms with Crippen molar-refractivity contribution in [3.63, 3.8) is 0 Å². The van der Waals surface area contributed by atoms with Gasteiger partial charge in [-0.25, -0.2) is 12.8 Å². The van der Waals surface area contributed by atoms with Crippen LogP contribution < -0.4 is 4.90 Å². The summed E-state index contributed by atoms with van der Waals surface area (Å²) in [5, 5.41) is 0. The van der Waals surface area contributed by atoms with E-state index in [1.807, 2.05) is 24.3 Å². The molecule has 8 nitrogen and oxygen atoms in total. The van der Waals surface area contributed by atoms with Gasteiger partial charge in [0, 0.05) is 51.0 Å². The molecule has 2 aliphatic rings. The third-order valence-electron chi connectivity index (χ3n) is 5.86. The highest BCUT2D eigenvalue weighted by atomic mass is 32.2. The van der Waals surface area contributed by atoms with Crippen LogP contribution in [0, 0.1) is 5.82 Å². The summed E-state index contributed by atoms with van der Waals surface area (Å²) in [5.74, 6) is -1.26. The number of benzene rings is 2. The lowest BCUT2D eigenvalue weighted by Crippen LogP contribution is -2.41. The fourth-order valence-corrected chi connectivity index (χ4v) is 5.56. The van der Waals surface area contributed by atoms with Crippen molar-refractivity contribution in [3.8, 4) is 0 Å². The molecule has 0 aromatic heterocycles. The smallest absolute Gasteiger partial charge is 0.253 e. The van der Waals surface area contributed by atoms with Gasteiger partial charge in [-0.3, -0.25) is 4.79 Å². The Bertz CT molecular complexity index is 1100. The van der Waals surface area contributed by atoms with Crippen molar-refractivity contribution < 1.29 is 27.1 Å². The molecule has 4 rings (SSSR count). The Labute approximate surface area is 193 Å². The molecule has 33 heavy (non-hydrogen) atoms. The lowest BCUT2D eigenvalue weighted by Gasteiger charge is -2.31. The molecule has 0 N–H and O–H groups in total. The molecule has 2 fully saturated rings. The Hall–Kier alpha value is -2.53. The van der Waals surface area contributed by atoms with Gasteiger partial charge in [0.2, 0.25) is 10.0 Å². The number of rotatable bonds is 6. The van der Waals surface area contributed by atoms with E-state index < -0.39 is 20.7 Å². The number of amides is 1. The first-order valence-electron chi connectivity index (χ1n) is 10.9. The second-order valence-electron chi connectivity index (χ2n) is 8.05. The number of carbonyl (C=O) groups is 1. The van der Waals surface area contributed by atoms with Gasteiger partial charge in [0.1, 0.15) is 10.7 Å². The number of nitrogens with zero attached hydrogens (tertiary/aromatic N) is 3. The van der Waals surface area contributed by atoms with E-state index in [0.29, 0.717) is 19.8 Å². The van der Waals surface area contributed by atoms with Crippen molar-refractivity contribution in [1.29, 1.82) is 0 Å². The first-order valence-corrected chi connectivity index (χ1v) is 12.4. The normalized spacial score (nSPS) is 17.7. The molecule has 2 saturated heterocycles. The maximum Gasteiger partial charge on any atom is 0.253 e. The molecule has 0 radical (unpaired) electrons. The largest absolute Gasteiger partial charge is 0.379 e. The predicted octanol–water partition coefficient (Wildman–Crippen LogP) is 1.96. The number of ether oxygens (including phenoxy) is 2. The van der Waals surface area contributed by atoms with Gasteiger partial charge in [-0.2, -0.15) is 4.31 Å². The van der Waals surface area contributed by atoms with E-state index in [-0.39, 0.29) is 37.8 Å². The van der Waals surface area contributed by atoms with Crippen LogP contribution in [0.5, 0.6) is 0 Å². The Morgan fingerprint density at radius 1 is 1.00 bits per heavy atom. The fourth-order valence-electron chi connectivity index (χ4n) is 4.07. The van der Waals surface area contributed by atoms with E-state index in [2.05, 4.69) is 4.90 Å². The van der Waals surface area contributed by atoms with Gasteiger partial charge in [0.15, 0.2) is 0 Å². The van der Waals surface area contributed by atoms with Crippen molar-refractivity contribution in [2.75, 3.05) is 64.6 Å². The van der Waals surface area contributed by atoms with Crippen LogP contribution >= 0.6 is 0 Å². The molecule has 0 bridgehead atoms. The number of para-hydroxylation sites is 1. The molecule has 2 aromatic carbocycles. The molecule has 178 valence electrons. The van der Waals surface area contributed by atoms with E-state index >= 15 is 0 Å². The minimum Gasteiger partial charge on any atom is -0.379 e. The summed E-state index contributed by atoms with van der Waals surface area (Å²) in [6.07, 6.45) is 0. The van der Waals surface area contributed by atoms with Crippen LogP contribution in [-0.4, -0.2) is 83.2 Å². The van der Waals surface area contributed by atoms with Crippen LogP contribution in [0.1, 0.15) is 15.9 Å². The summed E-state index contributed by atoms with van der Waals surface area (Å²) in [6, 6.07) is 11.3. The van der Waals surface area contributed by atoms with Crippen molar-refractivity contribution >= 4 is 21.6 Å². The zero-order valence-corrected chi connectivity index (χ0v) is 19.4. The number of sulfonamides is 1. The molecule has 0 saturated carbocycles. The Kier molecular flexibility index (Phi) is 7.28. The molecule has 2 heterocycles. The van der Waals surface area contributed by atoms with Gasteiger partial charge < -0.3 is 19.3 Å². The summed E-state index contributed by atoms with van der Waals surface area (Å²) < 4.78 is 52.2. The molecule has 0 unspecified atom stereocenters. The minimum atomic E-state index is -4.07. The van der Waals surface area contributed by atoms with Crippen molar-refractivity contribution in [1.82, 2.24) is 9.21 Å². The number of halogens is 1. The van der Waals surface area contributed by atoms with Crippen LogP contribution in [0.4, 0.5) is 10.1 Å². The highest BCUT2D eigenvalue weighted by molar-refractivity contribution is 7.89. The highest BCUT2D eigenvalue weighted by Crippen LogP contribution is 2.25. The standard InChI is InChI=1S/C23H28FN3O5S/c1-25(17-19-4-2-3-5-21(19)26-8-12-31-13-9-26)23(28)18-6-7-20(24)22(16-18)33(29,30)27-10-14-32-15-11-27/h2-7,16H,8-15,17H2,1H3. The first-order chi connectivity index (χ1) is 15.9. The maximum absolute atomic E-state index is 14.5. The zero-order valence-electron chi connectivity index (χ0n) is 18.6. The van der Waals surface area contributed by atoms with Crippen molar-refractivity contribution in [3.05, 3.63) is 59.4 Å². The third-order valence-corrected chi connectivity index (χ3v) is 7.78. The Morgan fingerprint density at radius 3 is 2.33 bits per heavy atom. The first kappa shape index (κ1) is 23.6. The van der Waals surface area contributed by atoms with E-state index in [1.165, 1.54) is 15.3 Å². The van der Waals surface area contributed by atoms with Gasteiger partial charge >= 0.3 is 0 Å². The van der Waals surface area contributed by atoms with E-state index in [1.54, 1.807) is 7.05 Å². The van der Waals surface area contributed by atoms with Crippen molar-refractivity contribution in [2.45, 2.75) is 11.4 Å². The van der Waals surface area contributed by atoms with Crippen LogP contribution in [-0.2, 0) is 26.0 Å². The molecule has 1 amide bonds. The summed E-state index contributed by atoms with van der Waals surface area (Å²) in [6.45, 7) is 3.99. The summed E-state index contributed by atoms with van der Waals surface area (Å²) >= 11 is 0. The zero-order chi connectivity index (χ0) is 23.4. The maximum atomic E-state index is 14.5. The Morgan fingerprint density at radius 2 is 1.64 bits per heavy atom. The SMILES string of the molecule is CN(Cc1ccccc1N1CCOCC1)C(=O)c1ccc(F)c(S(=O)(=O)N2CCOCC2)c1. The predicted molar refractivity (Wildman–Crippen MR) is 121 cm³/mol. The van der Waals surface area contributed by atoms with Gasteiger partial charge in [-0.15, -0.1) is 0 Å². The lowest BCUT2D eigenvalue weighted by atomic mass is 10.1. The van der Waals surface area contributed by atoms with E-state index in [0.717, 1.165) is 36.5 Å². The molecular formula is C23H28FN3O5S. The molecule has 10 heteroatoms. The summed E-state index contributed by atoms with van der Waals surface area (Å²) in [5.41, 5.74) is 2.13.